The van der Waals surface area contributed by atoms with Gasteiger partial charge < -0.3 is 23.8 Å². The van der Waals surface area contributed by atoms with E-state index in [1.807, 2.05) is 30.3 Å². The molecule has 1 amide bonds. The molecule has 0 unspecified atom stereocenters. The van der Waals surface area contributed by atoms with Crippen molar-refractivity contribution in [2.75, 3.05) is 34.4 Å². The van der Waals surface area contributed by atoms with E-state index in [1.165, 1.54) is 0 Å². The lowest BCUT2D eigenvalue weighted by Gasteiger charge is -2.28. The zero-order valence-electron chi connectivity index (χ0n) is 17.8. The maximum absolute atomic E-state index is 12.9. The van der Waals surface area contributed by atoms with Gasteiger partial charge in [0.15, 0.2) is 0 Å². The molecule has 0 bridgehead atoms. The molecule has 0 aliphatic carbocycles. The Bertz CT molecular complexity index is 1020. The van der Waals surface area contributed by atoms with E-state index in [9.17, 15) is 9.59 Å². The zero-order chi connectivity index (χ0) is 22.0. The number of rotatable bonds is 6. The molecule has 7 heteroatoms. The SMILES string of the molecule is COc1cc(OC)c(C2=CCN(C(=O)C[C@@H]3OC(=O)c4ccccc43)CC2)c(OC)c1. The summed E-state index contributed by atoms with van der Waals surface area (Å²) in [6.07, 6.45) is 2.29. The Morgan fingerprint density at radius 3 is 2.42 bits per heavy atom. The number of cyclic esters (lactones) is 1. The van der Waals surface area contributed by atoms with E-state index in [1.54, 1.807) is 38.4 Å². The summed E-state index contributed by atoms with van der Waals surface area (Å²) in [5.41, 5.74) is 3.25. The third-order valence-electron chi connectivity index (χ3n) is 5.73. The molecule has 7 nitrogen and oxygen atoms in total. The number of esters is 1. The molecule has 0 saturated carbocycles. The minimum Gasteiger partial charge on any atom is -0.496 e. The number of benzene rings is 2. The molecule has 0 radical (unpaired) electrons. The molecule has 0 spiro atoms. The van der Waals surface area contributed by atoms with Crippen LogP contribution in [0.5, 0.6) is 17.2 Å². The van der Waals surface area contributed by atoms with Crippen LogP contribution in [0.4, 0.5) is 0 Å². The van der Waals surface area contributed by atoms with Crippen LogP contribution < -0.4 is 14.2 Å². The molecule has 162 valence electrons. The van der Waals surface area contributed by atoms with Crippen molar-refractivity contribution in [1.29, 1.82) is 0 Å². The molecule has 2 aromatic carbocycles. The molecule has 1 atom stereocenters. The molecule has 31 heavy (non-hydrogen) atoms. The van der Waals surface area contributed by atoms with Crippen molar-refractivity contribution >= 4 is 17.4 Å². The Morgan fingerprint density at radius 1 is 1.10 bits per heavy atom. The van der Waals surface area contributed by atoms with Gasteiger partial charge in [0, 0.05) is 30.8 Å². The highest BCUT2D eigenvalue weighted by Gasteiger charge is 2.33. The molecule has 4 rings (SSSR count). The van der Waals surface area contributed by atoms with E-state index >= 15 is 0 Å². The first-order valence-electron chi connectivity index (χ1n) is 10.1. The molecule has 0 N–H and O–H groups in total. The summed E-state index contributed by atoms with van der Waals surface area (Å²) in [6.45, 7) is 1.03. The Morgan fingerprint density at radius 2 is 1.81 bits per heavy atom. The summed E-state index contributed by atoms with van der Waals surface area (Å²) >= 11 is 0. The Balaban J connectivity index is 1.49. The summed E-state index contributed by atoms with van der Waals surface area (Å²) in [5.74, 6) is 1.57. The lowest BCUT2D eigenvalue weighted by molar-refractivity contribution is -0.132. The molecule has 0 saturated heterocycles. The van der Waals surface area contributed by atoms with Crippen molar-refractivity contribution in [1.82, 2.24) is 4.90 Å². The van der Waals surface area contributed by atoms with Crippen LogP contribution in [0.15, 0.2) is 42.5 Å². The summed E-state index contributed by atoms with van der Waals surface area (Å²) in [4.78, 5) is 26.7. The molecular formula is C24H25NO6. The van der Waals surface area contributed by atoms with Gasteiger partial charge in [0.05, 0.1) is 38.9 Å². The van der Waals surface area contributed by atoms with Gasteiger partial charge >= 0.3 is 5.97 Å². The average molecular weight is 423 g/mol. The summed E-state index contributed by atoms with van der Waals surface area (Å²) < 4.78 is 21.9. The fourth-order valence-corrected chi connectivity index (χ4v) is 4.10. The van der Waals surface area contributed by atoms with Crippen molar-refractivity contribution in [2.45, 2.75) is 18.9 Å². The number of methoxy groups -OCH3 is 3. The monoisotopic (exact) mass is 423 g/mol. The number of carbonyl (C=O) groups is 2. The van der Waals surface area contributed by atoms with Crippen molar-refractivity contribution in [2.24, 2.45) is 0 Å². The van der Waals surface area contributed by atoms with Crippen molar-refractivity contribution in [3.63, 3.8) is 0 Å². The summed E-state index contributed by atoms with van der Waals surface area (Å²) in [7, 11) is 4.81. The van der Waals surface area contributed by atoms with Crippen LogP contribution in [0.25, 0.3) is 5.57 Å². The number of carbonyl (C=O) groups excluding carboxylic acids is 2. The van der Waals surface area contributed by atoms with Crippen LogP contribution in [-0.2, 0) is 9.53 Å². The van der Waals surface area contributed by atoms with Crippen molar-refractivity contribution < 1.29 is 28.5 Å². The average Bonchev–Trinajstić information content (AvgIpc) is 3.13. The van der Waals surface area contributed by atoms with Gasteiger partial charge in [-0.1, -0.05) is 24.3 Å². The van der Waals surface area contributed by atoms with E-state index in [-0.39, 0.29) is 18.3 Å². The molecule has 2 aliphatic rings. The van der Waals surface area contributed by atoms with E-state index < -0.39 is 6.10 Å². The number of ether oxygens (including phenoxy) is 4. The fraction of sp³-hybridized carbons (Fsp3) is 0.333. The third-order valence-corrected chi connectivity index (χ3v) is 5.73. The van der Waals surface area contributed by atoms with Gasteiger partial charge in [-0.25, -0.2) is 4.79 Å². The number of nitrogens with zero attached hydrogens (tertiary/aromatic N) is 1. The van der Waals surface area contributed by atoms with Crippen LogP contribution >= 0.6 is 0 Å². The van der Waals surface area contributed by atoms with Gasteiger partial charge in [-0.2, -0.15) is 0 Å². The first kappa shape index (κ1) is 20.8. The van der Waals surface area contributed by atoms with Crippen LogP contribution in [0.2, 0.25) is 0 Å². The highest BCUT2D eigenvalue weighted by Crippen LogP contribution is 2.41. The van der Waals surface area contributed by atoms with Crippen molar-refractivity contribution in [3.8, 4) is 17.2 Å². The number of fused-ring (bicyclic) bond motifs is 1. The summed E-state index contributed by atoms with van der Waals surface area (Å²) in [5, 5.41) is 0. The second-order valence-electron chi connectivity index (χ2n) is 7.41. The van der Waals surface area contributed by atoms with Gasteiger partial charge in [0.25, 0.3) is 0 Å². The number of hydrogen-bond acceptors (Lipinski definition) is 6. The maximum atomic E-state index is 12.9. The molecule has 0 aromatic heterocycles. The van der Waals surface area contributed by atoms with E-state index in [4.69, 9.17) is 18.9 Å². The first-order valence-corrected chi connectivity index (χ1v) is 10.1. The highest BCUT2D eigenvalue weighted by molar-refractivity contribution is 5.94. The van der Waals surface area contributed by atoms with Crippen LogP contribution in [0.3, 0.4) is 0 Å². The molecule has 0 fully saturated rings. The Kier molecular flexibility index (Phi) is 5.84. The number of amides is 1. The van der Waals surface area contributed by atoms with Gasteiger partial charge in [-0.15, -0.1) is 0 Å². The van der Waals surface area contributed by atoms with E-state index in [0.29, 0.717) is 42.3 Å². The van der Waals surface area contributed by atoms with Crippen LogP contribution in [-0.4, -0.2) is 51.2 Å². The smallest absolute Gasteiger partial charge is 0.339 e. The predicted octanol–water partition coefficient (Wildman–Crippen LogP) is 3.63. The van der Waals surface area contributed by atoms with E-state index in [2.05, 4.69) is 0 Å². The van der Waals surface area contributed by atoms with Crippen LogP contribution in [0, 0.1) is 0 Å². The van der Waals surface area contributed by atoms with Gasteiger partial charge in [-0.3, -0.25) is 4.79 Å². The Hall–Kier alpha value is -3.48. The topological polar surface area (TPSA) is 74.3 Å². The maximum Gasteiger partial charge on any atom is 0.339 e. The quantitative estimate of drug-likeness (QED) is 0.661. The Labute approximate surface area is 181 Å². The fourth-order valence-electron chi connectivity index (χ4n) is 4.10. The second kappa shape index (κ2) is 8.71. The zero-order valence-corrected chi connectivity index (χ0v) is 17.8. The molecule has 2 aromatic rings. The van der Waals surface area contributed by atoms with Gasteiger partial charge in [-0.05, 0) is 18.1 Å². The normalized spacial score (nSPS) is 17.5. The summed E-state index contributed by atoms with van der Waals surface area (Å²) in [6, 6.07) is 10.9. The first-order chi connectivity index (χ1) is 15.0. The predicted molar refractivity (Wildman–Crippen MR) is 114 cm³/mol. The van der Waals surface area contributed by atoms with Crippen LogP contribution in [0.1, 0.15) is 40.4 Å². The molecule has 2 aliphatic heterocycles. The molecular weight excluding hydrogens is 398 g/mol. The largest absolute Gasteiger partial charge is 0.496 e. The molecule has 2 heterocycles. The highest BCUT2D eigenvalue weighted by atomic mass is 16.5. The van der Waals surface area contributed by atoms with Gasteiger partial charge in [0.1, 0.15) is 23.4 Å². The van der Waals surface area contributed by atoms with Gasteiger partial charge in [0.2, 0.25) is 5.91 Å². The number of hydrogen-bond donors (Lipinski definition) is 0. The second-order valence-corrected chi connectivity index (χ2v) is 7.41. The van der Waals surface area contributed by atoms with E-state index in [0.717, 1.165) is 16.7 Å². The minimum absolute atomic E-state index is 0.0431. The van der Waals surface area contributed by atoms with Crippen molar-refractivity contribution in [3.05, 3.63) is 59.2 Å². The minimum atomic E-state index is -0.525. The third kappa shape index (κ3) is 3.95. The lowest BCUT2D eigenvalue weighted by Crippen LogP contribution is -2.35. The standard InChI is InChI=1S/C24H25NO6/c1-28-16-12-20(29-2)23(21(13-16)30-3)15-8-10-25(11-9-15)22(26)14-19-17-6-4-5-7-18(17)24(27)31-19/h4-8,12-13,19H,9-11,14H2,1-3H3/t19-/m0/s1. The lowest BCUT2D eigenvalue weighted by atomic mass is 9.96.